The number of thiocarbonyl (C=S) groups is 1. The van der Waals surface area contributed by atoms with Crippen LogP contribution in [0.2, 0.25) is 0 Å². The molecule has 0 spiro atoms. The molecular weight excluding hydrogens is 364 g/mol. The molecule has 0 radical (unpaired) electrons. The van der Waals surface area contributed by atoms with Crippen LogP contribution in [0.3, 0.4) is 0 Å². The van der Waals surface area contributed by atoms with Crippen LogP contribution in [0.25, 0.3) is 0 Å². The van der Waals surface area contributed by atoms with Crippen LogP contribution in [0, 0.1) is 0 Å². The van der Waals surface area contributed by atoms with Gasteiger partial charge in [0.15, 0.2) is 5.11 Å². The van der Waals surface area contributed by atoms with Gasteiger partial charge < -0.3 is 14.8 Å². The second-order valence-corrected chi connectivity index (χ2v) is 6.08. The molecule has 6 nitrogen and oxygen atoms in total. The molecule has 0 saturated heterocycles. The van der Waals surface area contributed by atoms with E-state index in [0.29, 0.717) is 29.2 Å². The summed E-state index contributed by atoms with van der Waals surface area (Å²) < 4.78 is 10.3. The molecule has 7 heteroatoms. The van der Waals surface area contributed by atoms with Crippen molar-refractivity contribution in [3.63, 3.8) is 0 Å². The largest absolute Gasteiger partial charge is 0.494 e. The van der Waals surface area contributed by atoms with Gasteiger partial charge in [0.25, 0.3) is 5.91 Å². The Morgan fingerprint density at radius 1 is 1.07 bits per heavy atom. The van der Waals surface area contributed by atoms with Gasteiger partial charge in [0.05, 0.1) is 25.0 Å². The van der Waals surface area contributed by atoms with Crippen LogP contribution in [0.15, 0.2) is 48.5 Å². The molecule has 0 heterocycles. The Hall–Kier alpha value is -2.93. The molecule has 0 aliphatic heterocycles. The fraction of sp³-hybridized carbons (Fsp3) is 0.250. The van der Waals surface area contributed by atoms with Crippen LogP contribution in [0.1, 0.15) is 40.5 Å². The monoisotopic (exact) mass is 386 g/mol. The SMILES string of the molecule is CCCCOc1ccc(C(=O)NC(=S)Nc2ccccc2C(=O)OC)cc1. The molecule has 27 heavy (non-hydrogen) atoms. The molecule has 2 aromatic rings. The molecule has 0 aromatic heterocycles. The predicted molar refractivity (Wildman–Crippen MR) is 108 cm³/mol. The standard InChI is InChI=1S/C20H22N2O4S/c1-3-4-13-26-15-11-9-14(10-12-15)18(23)22-20(27)21-17-8-6-5-7-16(17)19(24)25-2/h5-12H,3-4,13H2,1-2H3,(H2,21,22,23,27). The lowest BCUT2D eigenvalue weighted by molar-refractivity contribution is 0.0602. The summed E-state index contributed by atoms with van der Waals surface area (Å²) in [7, 11) is 1.30. The van der Waals surface area contributed by atoms with Crippen LogP contribution in [0.5, 0.6) is 5.75 Å². The quantitative estimate of drug-likeness (QED) is 0.428. The zero-order valence-electron chi connectivity index (χ0n) is 15.3. The number of ether oxygens (including phenoxy) is 2. The van der Waals surface area contributed by atoms with Crippen molar-refractivity contribution in [1.29, 1.82) is 0 Å². The number of benzene rings is 2. The number of para-hydroxylation sites is 1. The Morgan fingerprint density at radius 3 is 2.44 bits per heavy atom. The highest BCUT2D eigenvalue weighted by atomic mass is 32.1. The van der Waals surface area contributed by atoms with E-state index in [0.717, 1.165) is 12.8 Å². The van der Waals surface area contributed by atoms with Crippen LogP contribution in [-0.2, 0) is 4.74 Å². The molecule has 1 amide bonds. The predicted octanol–water partition coefficient (Wildman–Crippen LogP) is 3.78. The van der Waals surface area contributed by atoms with Crippen molar-refractivity contribution in [2.75, 3.05) is 19.0 Å². The van der Waals surface area contributed by atoms with Crippen molar-refractivity contribution in [3.05, 3.63) is 59.7 Å². The molecule has 0 unspecified atom stereocenters. The number of nitrogens with one attached hydrogen (secondary N) is 2. The average Bonchev–Trinajstić information content (AvgIpc) is 2.68. The molecule has 2 aromatic carbocycles. The molecule has 2 N–H and O–H groups in total. The second-order valence-electron chi connectivity index (χ2n) is 5.67. The maximum absolute atomic E-state index is 12.3. The minimum atomic E-state index is -0.495. The van der Waals surface area contributed by atoms with Crippen molar-refractivity contribution >= 4 is 34.9 Å². The highest BCUT2D eigenvalue weighted by Gasteiger charge is 2.13. The van der Waals surface area contributed by atoms with Gasteiger partial charge in [0.2, 0.25) is 0 Å². The summed E-state index contributed by atoms with van der Waals surface area (Å²) in [5, 5.41) is 5.52. The number of methoxy groups -OCH3 is 1. The lowest BCUT2D eigenvalue weighted by Crippen LogP contribution is -2.34. The Kier molecular flexibility index (Phi) is 7.76. The van der Waals surface area contributed by atoms with E-state index in [9.17, 15) is 9.59 Å². The third-order valence-electron chi connectivity index (χ3n) is 3.69. The van der Waals surface area contributed by atoms with Crippen LogP contribution >= 0.6 is 12.2 Å². The van der Waals surface area contributed by atoms with Gasteiger partial charge in [-0.3, -0.25) is 10.1 Å². The molecule has 0 aliphatic rings. The molecule has 0 fully saturated rings. The lowest BCUT2D eigenvalue weighted by atomic mass is 10.2. The van der Waals surface area contributed by atoms with Gasteiger partial charge in [-0.15, -0.1) is 0 Å². The minimum Gasteiger partial charge on any atom is -0.494 e. The number of unbranched alkanes of at least 4 members (excludes halogenated alkanes) is 1. The van der Waals surface area contributed by atoms with Crippen LogP contribution in [-0.4, -0.2) is 30.7 Å². The first-order valence-corrected chi connectivity index (χ1v) is 8.98. The number of hydrogen-bond acceptors (Lipinski definition) is 5. The van der Waals surface area contributed by atoms with Gasteiger partial charge in [0, 0.05) is 5.56 Å². The molecule has 2 rings (SSSR count). The zero-order chi connectivity index (χ0) is 19.6. The first-order chi connectivity index (χ1) is 13.0. The van der Waals surface area contributed by atoms with Gasteiger partial charge in [0.1, 0.15) is 5.75 Å². The topological polar surface area (TPSA) is 76.7 Å². The maximum atomic E-state index is 12.3. The van der Waals surface area contributed by atoms with Crippen molar-refractivity contribution in [3.8, 4) is 5.75 Å². The molecule has 0 saturated carbocycles. The maximum Gasteiger partial charge on any atom is 0.339 e. The van der Waals surface area contributed by atoms with E-state index >= 15 is 0 Å². The average molecular weight is 386 g/mol. The summed E-state index contributed by atoms with van der Waals surface area (Å²) in [6.07, 6.45) is 2.04. The molecule has 0 bridgehead atoms. The third-order valence-corrected chi connectivity index (χ3v) is 3.89. The smallest absolute Gasteiger partial charge is 0.339 e. The zero-order valence-corrected chi connectivity index (χ0v) is 16.1. The Morgan fingerprint density at radius 2 is 1.78 bits per heavy atom. The summed E-state index contributed by atoms with van der Waals surface area (Å²) in [6, 6.07) is 13.6. The van der Waals surface area contributed by atoms with Crippen LogP contribution < -0.4 is 15.4 Å². The summed E-state index contributed by atoms with van der Waals surface area (Å²) in [5.74, 6) is -0.137. The van der Waals surface area contributed by atoms with E-state index in [1.807, 2.05) is 0 Å². The number of hydrogen-bond donors (Lipinski definition) is 2. The van der Waals surface area contributed by atoms with Gasteiger partial charge >= 0.3 is 5.97 Å². The molecule has 0 atom stereocenters. The number of esters is 1. The highest BCUT2D eigenvalue weighted by molar-refractivity contribution is 7.80. The Labute approximate surface area is 163 Å². The highest BCUT2D eigenvalue weighted by Crippen LogP contribution is 2.16. The number of anilines is 1. The summed E-state index contributed by atoms with van der Waals surface area (Å²) >= 11 is 5.17. The van der Waals surface area contributed by atoms with Crippen molar-refractivity contribution in [1.82, 2.24) is 5.32 Å². The summed E-state index contributed by atoms with van der Waals surface area (Å²) in [5.41, 5.74) is 1.22. The Balaban J connectivity index is 1.96. The Bertz CT molecular complexity index is 806. The van der Waals surface area contributed by atoms with E-state index in [2.05, 4.69) is 17.6 Å². The van der Waals surface area contributed by atoms with Crippen LogP contribution in [0.4, 0.5) is 5.69 Å². The fourth-order valence-electron chi connectivity index (χ4n) is 2.25. The number of carbonyl (C=O) groups is 2. The first-order valence-electron chi connectivity index (χ1n) is 8.57. The molecule has 142 valence electrons. The van der Waals surface area contributed by atoms with E-state index in [1.165, 1.54) is 7.11 Å². The van der Waals surface area contributed by atoms with Crippen molar-refractivity contribution < 1.29 is 19.1 Å². The van der Waals surface area contributed by atoms with E-state index in [4.69, 9.17) is 21.7 Å². The second kappa shape index (κ2) is 10.3. The van der Waals surface area contributed by atoms with E-state index < -0.39 is 5.97 Å². The van der Waals surface area contributed by atoms with E-state index in [-0.39, 0.29) is 11.0 Å². The van der Waals surface area contributed by atoms with Crippen molar-refractivity contribution in [2.24, 2.45) is 0 Å². The van der Waals surface area contributed by atoms with Crippen molar-refractivity contribution in [2.45, 2.75) is 19.8 Å². The van der Waals surface area contributed by atoms with Gasteiger partial charge in [-0.2, -0.15) is 0 Å². The fourth-order valence-corrected chi connectivity index (χ4v) is 2.45. The first kappa shape index (κ1) is 20.4. The van der Waals surface area contributed by atoms with Gasteiger partial charge in [-0.25, -0.2) is 4.79 Å². The number of rotatable bonds is 7. The van der Waals surface area contributed by atoms with E-state index in [1.54, 1.807) is 48.5 Å². The molecule has 0 aliphatic carbocycles. The minimum absolute atomic E-state index is 0.0830. The van der Waals surface area contributed by atoms with Gasteiger partial charge in [-0.05, 0) is 55.0 Å². The van der Waals surface area contributed by atoms with Gasteiger partial charge in [-0.1, -0.05) is 25.5 Å². The third kappa shape index (κ3) is 6.07. The normalized spacial score (nSPS) is 10.0. The molecular formula is C20H22N2O4S. The summed E-state index contributed by atoms with van der Waals surface area (Å²) in [4.78, 5) is 24.1. The number of carbonyl (C=O) groups excluding carboxylic acids is 2. The lowest BCUT2D eigenvalue weighted by Gasteiger charge is -2.12. The number of amides is 1. The summed E-state index contributed by atoms with van der Waals surface area (Å²) in [6.45, 7) is 2.74.